The summed E-state index contributed by atoms with van der Waals surface area (Å²) in [5, 5.41) is 9.12. The number of thioether (sulfide) groups is 1. The highest BCUT2D eigenvalue weighted by atomic mass is 32.2. The van der Waals surface area contributed by atoms with E-state index in [4.69, 9.17) is 10.8 Å². The Labute approximate surface area is 73.6 Å². The Bertz CT molecular complexity index is 88.2. The SMILES string of the molecule is CCCCSC(CO)C(C)N. The largest absolute Gasteiger partial charge is 0.395 e. The highest BCUT2D eigenvalue weighted by molar-refractivity contribution is 7.99. The Morgan fingerprint density at radius 2 is 2.18 bits per heavy atom. The van der Waals surface area contributed by atoms with Gasteiger partial charge in [-0.15, -0.1) is 0 Å². The molecule has 2 atom stereocenters. The second-order valence-corrected chi connectivity index (χ2v) is 4.15. The monoisotopic (exact) mass is 177 g/mol. The number of aliphatic hydroxyl groups excluding tert-OH is 1. The fraction of sp³-hybridized carbons (Fsp3) is 1.00. The third kappa shape index (κ3) is 5.53. The molecule has 3 heteroatoms. The second kappa shape index (κ2) is 6.95. The van der Waals surface area contributed by atoms with E-state index in [1.54, 1.807) is 11.8 Å². The molecule has 11 heavy (non-hydrogen) atoms. The summed E-state index contributed by atoms with van der Waals surface area (Å²) >= 11 is 1.78. The summed E-state index contributed by atoms with van der Waals surface area (Å²) in [4.78, 5) is 0. The van der Waals surface area contributed by atoms with Gasteiger partial charge >= 0.3 is 0 Å². The zero-order valence-electron chi connectivity index (χ0n) is 7.42. The van der Waals surface area contributed by atoms with Gasteiger partial charge < -0.3 is 10.8 Å². The Hall–Kier alpha value is 0.270. The summed E-state index contributed by atoms with van der Waals surface area (Å²) < 4.78 is 0. The van der Waals surface area contributed by atoms with Gasteiger partial charge in [0.1, 0.15) is 0 Å². The molecule has 0 aliphatic rings. The molecule has 0 aliphatic carbocycles. The first-order valence-electron chi connectivity index (χ1n) is 4.20. The molecule has 0 rings (SSSR count). The molecule has 0 aromatic carbocycles. The Balaban J connectivity index is 3.36. The van der Waals surface area contributed by atoms with E-state index in [0.717, 1.165) is 5.75 Å². The van der Waals surface area contributed by atoms with Crippen molar-refractivity contribution in [3.05, 3.63) is 0 Å². The van der Waals surface area contributed by atoms with Crippen molar-refractivity contribution in [3.63, 3.8) is 0 Å². The van der Waals surface area contributed by atoms with E-state index >= 15 is 0 Å². The van der Waals surface area contributed by atoms with Gasteiger partial charge in [-0.25, -0.2) is 0 Å². The lowest BCUT2D eigenvalue weighted by atomic mass is 10.3. The topological polar surface area (TPSA) is 46.2 Å². The lowest BCUT2D eigenvalue weighted by Crippen LogP contribution is -2.32. The van der Waals surface area contributed by atoms with Gasteiger partial charge in [0.05, 0.1) is 6.61 Å². The number of hydrogen-bond acceptors (Lipinski definition) is 3. The number of rotatable bonds is 6. The zero-order valence-corrected chi connectivity index (χ0v) is 8.23. The molecule has 0 aliphatic heterocycles. The molecular weight excluding hydrogens is 158 g/mol. The molecule has 0 fully saturated rings. The van der Waals surface area contributed by atoms with Crippen LogP contribution >= 0.6 is 11.8 Å². The van der Waals surface area contributed by atoms with Crippen LogP contribution < -0.4 is 5.73 Å². The Kier molecular flexibility index (Phi) is 7.12. The highest BCUT2D eigenvalue weighted by Gasteiger charge is 2.11. The first kappa shape index (κ1) is 11.3. The van der Waals surface area contributed by atoms with Crippen molar-refractivity contribution in [2.75, 3.05) is 12.4 Å². The molecule has 0 aromatic heterocycles. The Morgan fingerprint density at radius 1 is 1.55 bits per heavy atom. The van der Waals surface area contributed by atoms with E-state index < -0.39 is 0 Å². The first-order valence-corrected chi connectivity index (χ1v) is 5.25. The molecule has 2 nitrogen and oxygen atoms in total. The lowest BCUT2D eigenvalue weighted by Gasteiger charge is -2.16. The minimum atomic E-state index is 0.0989. The van der Waals surface area contributed by atoms with E-state index in [0.29, 0.717) is 0 Å². The molecule has 0 bridgehead atoms. The smallest absolute Gasteiger partial charge is 0.0564 e. The Morgan fingerprint density at radius 3 is 2.55 bits per heavy atom. The summed E-state index contributed by atoms with van der Waals surface area (Å²) in [6.07, 6.45) is 2.43. The van der Waals surface area contributed by atoms with E-state index in [2.05, 4.69) is 6.92 Å². The zero-order chi connectivity index (χ0) is 8.69. The van der Waals surface area contributed by atoms with Crippen molar-refractivity contribution < 1.29 is 5.11 Å². The molecule has 2 unspecified atom stereocenters. The molecule has 0 saturated carbocycles. The number of hydrogen-bond donors (Lipinski definition) is 2. The third-order valence-corrected chi connectivity index (χ3v) is 3.13. The maximum absolute atomic E-state index is 8.89. The van der Waals surface area contributed by atoms with Crippen LogP contribution in [-0.2, 0) is 0 Å². The summed E-state index contributed by atoms with van der Waals surface area (Å²) in [6, 6.07) is 0.0989. The van der Waals surface area contributed by atoms with Gasteiger partial charge in [-0.3, -0.25) is 0 Å². The first-order chi connectivity index (χ1) is 5.22. The fourth-order valence-corrected chi connectivity index (χ4v) is 1.92. The summed E-state index contributed by atoms with van der Waals surface area (Å²) in [7, 11) is 0. The van der Waals surface area contributed by atoms with E-state index in [9.17, 15) is 0 Å². The summed E-state index contributed by atoms with van der Waals surface area (Å²) in [5.41, 5.74) is 5.65. The van der Waals surface area contributed by atoms with Gasteiger partial charge in [0.15, 0.2) is 0 Å². The predicted molar refractivity (Wildman–Crippen MR) is 51.9 cm³/mol. The number of nitrogens with two attached hydrogens (primary N) is 1. The molecule has 0 saturated heterocycles. The van der Waals surface area contributed by atoms with E-state index in [1.165, 1.54) is 12.8 Å². The molecule has 0 aromatic rings. The van der Waals surface area contributed by atoms with Crippen molar-refractivity contribution in [2.24, 2.45) is 5.73 Å². The van der Waals surface area contributed by atoms with Crippen LogP contribution in [0.4, 0.5) is 0 Å². The van der Waals surface area contributed by atoms with Crippen LogP contribution in [0.15, 0.2) is 0 Å². The minimum absolute atomic E-state index is 0.0989. The number of aliphatic hydroxyl groups is 1. The van der Waals surface area contributed by atoms with Crippen LogP contribution in [-0.4, -0.2) is 28.8 Å². The van der Waals surface area contributed by atoms with Crippen LogP contribution in [0.1, 0.15) is 26.7 Å². The third-order valence-electron chi connectivity index (χ3n) is 1.60. The van der Waals surface area contributed by atoms with Gasteiger partial charge in [-0.05, 0) is 19.1 Å². The van der Waals surface area contributed by atoms with Crippen molar-refractivity contribution >= 4 is 11.8 Å². The fourth-order valence-electron chi connectivity index (χ4n) is 0.750. The van der Waals surface area contributed by atoms with Gasteiger partial charge in [0, 0.05) is 11.3 Å². The van der Waals surface area contributed by atoms with Crippen molar-refractivity contribution in [1.29, 1.82) is 0 Å². The molecule has 0 spiro atoms. The summed E-state index contributed by atoms with van der Waals surface area (Å²) in [5.74, 6) is 1.11. The molecule has 0 amide bonds. The van der Waals surface area contributed by atoms with E-state index in [1.807, 2.05) is 6.92 Å². The van der Waals surface area contributed by atoms with Crippen LogP contribution in [0.5, 0.6) is 0 Å². The highest BCUT2D eigenvalue weighted by Crippen LogP contribution is 2.14. The van der Waals surface area contributed by atoms with Gasteiger partial charge in [-0.1, -0.05) is 13.3 Å². The molecular formula is C8H19NOS. The van der Waals surface area contributed by atoms with Gasteiger partial charge in [0.2, 0.25) is 0 Å². The maximum Gasteiger partial charge on any atom is 0.0564 e. The molecule has 68 valence electrons. The minimum Gasteiger partial charge on any atom is -0.395 e. The second-order valence-electron chi connectivity index (χ2n) is 2.80. The van der Waals surface area contributed by atoms with Crippen LogP contribution in [0, 0.1) is 0 Å². The maximum atomic E-state index is 8.89. The lowest BCUT2D eigenvalue weighted by molar-refractivity contribution is 0.285. The molecule has 0 heterocycles. The average molecular weight is 177 g/mol. The molecule has 3 N–H and O–H groups in total. The summed E-state index contributed by atoms with van der Waals surface area (Å²) in [6.45, 7) is 4.31. The van der Waals surface area contributed by atoms with E-state index in [-0.39, 0.29) is 17.9 Å². The standard InChI is InChI=1S/C8H19NOS/c1-3-4-5-11-8(6-10)7(2)9/h7-8,10H,3-6,9H2,1-2H3. The van der Waals surface area contributed by atoms with Gasteiger partial charge in [0.25, 0.3) is 0 Å². The quantitative estimate of drug-likeness (QED) is 0.600. The number of unbranched alkanes of at least 4 members (excludes halogenated alkanes) is 1. The average Bonchev–Trinajstić information content (AvgIpc) is 1.97. The van der Waals surface area contributed by atoms with Crippen molar-refractivity contribution in [2.45, 2.75) is 38.0 Å². The predicted octanol–water partition coefficient (Wildman–Crippen LogP) is 1.23. The van der Waals surface area contributed by atoms with Crippen molar-refractivity contribution in [3.8, 4) is 0 Å². The molecule has 0 radical (unpaired) electrons. The van der Waals surface area contributed by atoms with Crippen LogP contribution in [0.3, 0.4) is 0 Å². The van der Waals surface area contributed by atoms with Gasteiger partial charge in [-0.2, -0.15) is 11.8 Å². The van der Waals surface area contributed by atoms with Crippen molar-refractivity contribution in [1.82, 2.24) is 0 Å². The van der Waals surface area contributed by atoms with Crippen LogP contribution in [0.2, 0.25) is 0 Å². The van der Waals surface area contributed by atoms with Crippen LogP contribution in [0.25, 0.3) is 0 Å². The normalized spacial score (nSPS) is 16.4.